The smallest absolute Gasteiger partial charge is 0.0695 e. The summed E-state index contributed by atoms with van der Waals surface area (Å²) < 4.78 is 0. The van der Waals surface area contributed by atoms with Crippen LogP contribution in [0.4, 0.5) is 0 Å². The van der Waals surface area contributed by atoms with Gasteiger partial charge < -0.3 is 10.0 Å². The topological polar surface area (TPSA) is 23.5 Å². The van der Waals surface area contributed by atoms with Crippen molar-refractivity contribution in [3.63, 3.8) is 0 Å². The number of aliphatic hydroxyl groups is 1. The molecule has 0 saturated heterocycles. The third-order valence-corrected chi connectivity index (χ3v) is 3.69. The SMILES string of the molecule is CCC1CCC(O)C(N(C)CC(C)C)C1. The maximum Gasteiger partial charge on any atom is 0.0695 e. The summed E-state index contributed by atoms with van der Waals surface area (Å²) in [6.07, 6.45) is 4.55. The minimum atomic E-state index is -0.100. The minimum absolute atomic E-state index is 0.100. The number of likely N-dealkylation sites (N-methyl/N-ethyl adjacent to an activating group) is 1. The molecule has 0 aromatic carbocycles. The van der Waals surface area contributed by atoms with Crippen molar-refractivity contribution in [2.24, 2.45) is 11.8 Å². The Morgan fingerprint density at radius 1 is 1.33 bits per heavy atom. The number of hydrogen-bond donors (Lipinski definition) is 1. The van der Waals surface area contributed by atoms with Gasteiger partial charge in [0, 0.05) is 12.6 Å². The first-order chi connectivity index (χ1) is 7.04. The molecule has 0 aromatic heterocycles. The quantitative estimate of drug-likeness (QED) is 0.775. The Bertz CT molecular complexity index is 181. The Morgan fingerprint density at radius 3 is 2.53 bits per heavy atom. The van der Waals surface area contributed by atoms with Crippen molar-refractivity contribution in [1.82, 2.24) is 4.90 Å². The second-order valence-corrected chi connectivity index (χ2v) is 5.56. The number of nitrogens with zero attached hydrogens (tertiary/aromatic N) is 1. The van der Waals surface area contributed by atoms with E-state index in [-0.39, 0.29) is 6.10 Å². The molecule has 0 spiro atoms. The van der Waals surface area contributed by atoms with Crippen LogP contribution < -0.4 is 0 Å². The van der Waals surface area contributed by atoms with Crippen LogP contribution in [0, 0.1) is 11.8 Å². The van der Waals surface area contributed by atoms with Gasteiger partial charge in [0.2, 0.25) is 0 Å². The van der Waals surface area contributed by atoms with Gasteiger partial charge >= 0.3 is 0 Å². The van der Waals surface area contributed by atoms with Crippen molar-refractivity contribution < 1.29 is 5.11 Å². The molecule has 3 atom stereocenters. The fourth-order valence-electron chi connectivity index (χ4n) is 2.77. The molecule has 90 valence electrons. The lowest BCUT2D eigenvalue weighted by Gasteiger charge is -2.39. The molecule has 1 N–H and O–H groups in total. The van der Waals surface area contributed by atoms with Gasteiger partial charge in [-0.2, -0.15) is 0 Å². The summed E-state index contributed by atoms with van der Waals surface area (Å²) in [5.74, 6) is 1.51. The first-order valence-electron chi connectivity index (χ1n) is 6.42. The largest absolute Gasteiger partial charge is 0.391 e. The summed E-state index contributed by atoms with van der Waals surface area (Å²) >= 11 is 0. The third kappa shape index (κ3) is 3.76. The van der Waals surface area contributed by atoms with Gasteiger partial charge in [-0.3, -0.25) is 0 Å². The van der Waals surface area contributed by atoms with Crippen LogP contribution in [0.15, 0.2) is 0 Å². The molecule has 0 bridgehead atoms. The van der Waals surface area contributed by atoms with Crippen LogP contribution in [0.5, 0.6) is 0 Å². The summed E-state index contributed by atoms with van der Waals surface area (Å²) in [6.45, 7) is 7.84. The molecular weight excluding hydrogens is 186 g/mol. The molecule has 0 radical (unpaired) electrons. The molecule has 0 amide bonds. The number of rotatable bonds is 4. The highest BCUT2D eigenvalue weighted by Crippen LogP contribution is 2.29. The van der Waals surface area contributed by atoms with Gasteiger partial charge in [-0.25, -0.2) is 0 Å². The zero-order valence-electron chi connectivity index (χ0n) is 10.7. The van der Waals surface area contributed by atoms with E-state index in [4.69, 9.17) is 0 Å². The molecule has 1 aliphatic carbocycles. The average molecular weight is 213 g/mol. The minimum Gasteiger partial charge on any atom is -0.391 e. The van der Waals surface area contributed by atoms with E-state index in [0.29, 0.717) is 12.0 Å². The lowest BCUT2D eigenvalue weighted by atomic mass is 9.81. The Morgan fingerprint density at radius 2 is 2.00 bits per heavy atom. The van der Waals surface area contributed by atoms with E-state index in [1.807, 2.05) is 0 Å². The highest BCUT2D eigenvalue weighted by molar-refractivity contribution is 4.85. The zero-order chi connectivity index (χ0) is 11.4. The summed E-state index contributed by atoms with van der Waals surface area (Å²) in [7, 11) is 2.16. The van der Waals surface area contributed by atoms with Gasteiger partial charge in [-0.1, -0.05) is 27.2 Å². The normalized spacial score (nSPS) is 32.6. The Kier molecular flexibility index (Phi) is 5.07. The highest BCUT2D eigenvalue weighted by Gasteiger charge is 2.30. The van der Waals surface area contributed by atoms with Crippen LogP contribution in [0.1, 0.15) is 46.5 Å². The molecule has 1 saturated carbocycles. The molecule has 2 nitrogen and oxygen atoms in total. The van der Waals surface area contributed by atoms with Gasteiger partial charge in [0.1, 0.15) is 0 Å². The van der Waals surface area contributed by atoms with E-state index >= 15 is 0 Å². The van der Waals surface area contributed by atoms with E-state index in [1.165, 1.54) is 19.3 Å². The first-order valence-corrected chi connectivity index (χ1v) is 6.42. The van der Waals surface area contributed by atoms with Crippen molar-refractivity contribution in [3.8, 4) is 0 Å². The fourth-order valence-corrected chi connectivity index (χ4v) is 2.77. The average Bonchev–Trinajstić information content (AvgIpc) is 2.17. The summed E-state index contributed by atoms with van der Waals surface area (Å²) in [5.41, 5.74) is 0. The van der Waals surface area contributed by atoms with Crippen molar-refractivity contribution >= 4 is 0 Å². The van der Waals surface area contributed by atoms with Crippen LogP contribution in [-0.2, 0) is 0 Å². The maximum atomic E-state index is 10.0. The molecule has 15 heavy (non-hydrogen) atoms. The van der Waals surface area contributed by atoms with Gasteiger partial charge in [-0.05, 0) is 38.1 Å². The van der Waals surface area contributed by atoms with Gasteiger partial charge in [0.15, 0.2) is 0 Å². The summed E-state index contributed by atoms with van der Waals surface area (Å²) in [6, 6.07) is 0.395. The molecule has 1 fully saturated rings. The molecule has 1 aliphatic rings. The van der Waals surface area contributed by atoms with E-state index in [0.717, 1.165) is 18.9 Å². The van der Waals surface area contributed by atoms with Gasteiger partial charge in [0.05, 0.1) is 6.10 Å². The monoisotopic (exact) mass is 213 g/mol. The third-order valence-electron chi connectivity index (χ3n) is 3.69. The standard InChI is InChI=1S/C13H27NO/c1-5-11-6-7-13(15)12(8-11)14(4)9-10(2)3/h10-13,15H,5-9H2,1-4H3. The Balaban J connectivity index is 2.49. The lowest BCUT2D eigenvalue weighted by Crippen LogP contribution is -2.46. The van der Waals surface area contributed by atoms with E-state index in [2.05, 4.69) is 32.7 Å². The van der Waals surface area contributed by atoms with Crippen LogP contribution in [0.2, 0.25) is 0 Å². The maximum absolute atomic E-state index is 10.0. The van der Waals surface area contributed by atoms with Crippen molar-refractivity contribution in [3.05, 3.63) is 0 Å². The summed E-state index contributed by atoms with van der Waals surface area (Å²) in [5, 5.41) is 10.0. The van der Waals surface area contributed by atoms with E-state index < -0.39 is 0 Å². The lowest BCUT2D eigenvalue weighted by molar-refractivity contribution is 0.00966. The molecule has 1 rings (SSSR count). The Labute approximate surface area is 94.7 Å². The molecule has 0 aliphatic heterocycles. The van der Waals surface area contributed by atoms with Crippen LogP contribution >= 0.6 is 0 Å². The van der Waals surface area contributed by atoms with E-state index in [1.54, 1.807) is 0 Å². The predicted molar refractivity (Wildman–Crippen MR) is 64.9 cm³/mol. The van der Waals surface area contributed by atoms with Gasteiger partial charge in [-0.15, -0.1) is 0 Å². The number of aliphatic hydroxyl groups excluding tert-OH is 1. The molecule has 0 heterocycles. The van der Waals surface area contributed by atoms with Gasteiger partial charge in [0.25, 0.3) is 0 Å². The zero-order valence-corrected chi connectivity index (χ0v) is 10.7. The molecule has 3 unspecified atom stereocenters. The highest BCUT2D eigenvalue weighted by atomic mass is 16.3. The van der Waals surface area contributed by atoms with Crippen LogP contribution in [0.3, 0.4) is 0 Å². The van der Waals surface area contributed by atoms with Crippen LogP contribution in [0.25, 0.3) is 0 Å². The van der Waals surface area contributed by atoms with Crippen molar-refractivity contribution in [2.45, 2.75) is 58.6 Å². The number of hydrogen-bond acceptors (Lipinski definition) is 2. The second kappa shape index (κ2) is 5.86. The van der Waals surface area contributed by atoms with Crippen LogP contribution in [-0.4, -0.2) is 35.7 Å². The van der Waals surface area contributed by atoms with Crippen molar-refractivity contribution in [1.29, 1.82) is 0 Å². The first kappa shape index (κ1) is 13.0. The molecule has 2 heteroatoms. The molecular formula is C13H27NO. The van der Waals surface area contributed by atoms with Crippen molar-refractivity contribution in [2.75, 3.05) is 13.6 Å². The fraction of sp³-hybridized carbons (Fsp3) is 1.00. The molecule has 0 aromatic rings. The summed E-state index contributed by atoms with van der Waals surface area (Å²) in [4.78, 5) is 2.36. The van der Waals surface area contributed by atoms with E-state index in [9.17, 15) is 5.11 Å². The Hall–Kier alpha value is -0.0800. The second-order valence-electron chi connectivity index (χ2n) is 5.56. The predicted octanol–water partition coefficient (Wildman–Crippen LogP) is 2.51.